The predicted molar refractivity (Wildman–Crippen MR) is 105 cm³/mol. The van der Waals surface area contributed by atoms with E-state index in [1.165, 1.54) is 0 Å². The number of aromatic nitrogens is 1. The van der Waals surface area contributed by atoms with Gasteiger partial charge in [-0.05, 0) is 45.3 Å². The van der Waals surface area contributed by atoms with Crippen LogP contribution in [-0.4, -0.2) is 91.2 Å². The summed E-state index contributed by atoms with van der Waals surface area (Å²) in [6, 6.07) is 5.39. The molecule has 3 rings (SSSR count). The molecule has 0 saturated carbocycles. The highest BCUT2D eigenvalue weighted by Gasteiger charge is 2.35. The average Bonchev–Trinajstić information content (AvgIpc) is 3.20. The summed E-state index contributed by atoms with van der Waals surface area (Å²) in [6.07, 6.45) is 0. The quantitative estimate of drug-likeness (QED) is 0.788. The van der Waals surface area contributed by atoms with E-state index >= 15 is 0 Å². The number of aliphatic hydroxyl groups excluding tert-OH is 1. The van der Waals surface area contributed by atoms with Crippen LogP contribution in [0.15, 0.2) is 22.6 Å². The predicted octanol–water partition coefficient (Wildman–Crippen LogP) is 1.31. The second-order valence-corrected chi connectivity index (χ2v) is 7.89. The molecule has 2 heterocycles. The van der Waals surface area contributed by atoms with Crippen molar-refractivity contribution >= 4 is 17.0 Å². The lowest BCUT2D eigenvalue weighted by atomic mass is 9.96. The standard InChI is InChI=1S/C20H30N4O3/c1-14-21-18-6-5-15(9-19(18)27-14)20(26)24-11-16(17(12-24)13-25)10-23(4)8-7-22(2)3/h5-6,9,16-17,25H,7-8,10-13H2,1-4H3/t16-,17-/m1/s1. The molecule has 27 heavy (non-hydrogen) atoms. The fourth-order valence-electron chi connectivity index (χ4n) is 3.74. The Morgan fingerprint density at radius 3 is 2.70 bits per heavy atom. The van der Waals surface area contributed by atoms with Crippen molar-refractivity contribution in [1.29, 1.82) is 0 Å². The molecule has 1 amide bonds. The molecule has 0 aliphatic carbocycles. The molecule has 0 unspecified atom stereocenters. The topological polar surface area (TPSA) is 73.1 Å². The minimum atomic E-state index is -0.0113. The van der Waals surface area contributed by atoms with E-state index in [1.807, 2.05) is 11.0 Å². The maximum atomic E-state index is 13.0. The molecule has 7 nitrogen and oxygen atoms in total. The monoisotopic (exact) mass is 374 g/mol. The third-order valence-electron chi connectivity index (χ3n) is 5.32. The van der Waals surface area contributed by atoms with Crippen molar-refractivity contribution in [3.05, 3.63) is 29.7 Å². The van der Waals surface area contributed by atoms with E-state index in [0.29, 0.717) is 30.1 Å². The fourth-order valence-corrected chi connectivity index (χ4v) is 3.74. The van der Waals surface area contributed by atoms with Gasteiger partial charge in [-0.25, -0.2) is 4.98 Å². The van der Waals surface area contributed by atoms with E-state index in [4.69, 9.17) is 4.42 Å². The van der Waals surface area contributed by atoms with Gasteiger partial charge in [-0.1, -0.05) is 0 Å². The number of hydrogen-bond acceptors (Lipinski definition) is 6. The third-order valence-corrected chi connectivity index (χ3v) is 5.32. The van der Waals surface area contributed by atoms with Crippen molar-refractivity contribution in [3.63, 3.8) is 0 Å². The zero-order valence-corrected chi connectivity index (χ0v) is 16.7. The van der Waals surface area contributed by atoms with Crippen molar-refractivity contribution in [1.82, 2.24) is 19.7 Å². The number of carbonyl (C=O) groups excluding carboxylic acids is 1. The Hall–Kier alpha value is -1.96. The molecular weight excluding hydrogens is 344 g/mol. The van der Waals surface area contributed by atoms with Gasteiger partial charge in [0.15, 0.2) is 11.5 Å². The van der Waals surface area contributed by atoms with Gasteiger partial charge in [0.05, 0.1) is 0 Å². The smallest absolute Gasteiger partial charge is 0.254 e. The van der Waals surface area contributed by atoms with E-state index < -0.39 is 0 Å². The van der Waals surface area contributed by atoms with Crippen LogP contribution >= 0.6 is 0 Å². The first-order valence-electron chi connectivity index (χ1n) is 9.48. The maximum Gasteiger partial charge on any atom is 0.254 e. The van der Waals surface area contributed by atoms with Crippen LogP contribution in [0.3, 0.4) is 0 Å². The van der Waals surface area contributed by atoms with Crippen LogP contribution in [0.25, 0.3) is 11.1 Å². The summed E-state index contributed by atoms with van der Waals surface area (Å²) in [5.74, 6) is 0.981. The number of likely N-dealkylation sites (N-methyl/N-ethyl adjacent to an activating group) is 2. The van der Waals surface area contributed by atoms with Crippen molar-refractivity contribution in [2.24, 2.45) is 11.8 Å². The number of hydrogen-bond donors (Lipinski definition) is 1. The van der Waals surface area contributed by atoms with Crippen LogP contribution < -0.4 is 0 Å². The van der Waals surface area contributed by atoms with Gasteiger partial charge in [0.2, 0.25) is 0 Å². The van der Waals surface area contributed by atoms with Crippen LogP contribution in [-0.2, 0) is 0 Å². The molecule has 2 aromatic rings. The van der Waals surface area contributed by atoms with Gasteiger partial charge in [-0.3, -0.25) is 4.79 Å². The van der Waals surface area contributed by atoms with Crippen molar-refractivity contribution in [3.8, 4) is 0 Å². The van der Waals surface area contributed by atoms with Crippen LogP contribution in [0.4, 0.5) is 0 Å². The normalized spacial score (nSPS) is 20.3. The lowest BCUT2D eigenvalue weighted by molar-refractivity contribution is 0.0779. The van der Waals surface area contributed by atoms with Crippen LogP contribution in [0.2, 0.25) is 0 Å². The van der Waals surface area contributed by atoms with Crippen molar-refractivity contribution in [2.45, 2.75) is 6.92 Å². The lowest BCUT2D eigenvalue weighted by Gasteiger charge is -2.25. The van der Waals surface area contributed by atoms with Crippen molar-refractivity contribution < 1.29 is 14.3 Å². The molecule has 1 N–H and O–H groups in total. The number of nitrogens with zero attached hydrogens (tertiary/aromatic N) is 4. The Morgan fingerprint density at radius 2 is 2.00 bits per heavy atom. The largest absolute Gasteiger partial charge is 0.441 e. The second kappa shape index (κ2) is 8.37. The SMILES string of the molecule is Cc1nc2ccc(C(=O)N3C[C@@H](CN(C)CCN(C)C)[C@@H](CO)C3)cc2o1. The lowest BCUT2D eigenvalue weighted by Crippen LogP contribution is -2.35. The average molecular weight is 374 g/mol. The molecule has 0 radical (unpaired) electrons. The second-order valence-electron chi connectivity index (χ2n) is 7.89. The summed E-state index contributed by atoms with van der Waals surface area (Å²) in [5, 5.41) is 9.79. The zero-order valence-electron chi connectivity index (χ0n) is 16.7. The first kappa shape index (κ1) is 19.8. The highest BCUT2D eigenvalue weighted by Crippen LogP contribution is 2.26. The Balaban J connectivity index is 1.66. The number of carbonyl (C=O) groups is 1. The number of fused-ring (bicyclic) bond motifs is 1. The highest BCUT2D eigenvalue weighted by atomic mass is 16.3. The minimum Gasteiger partial charge on any atom is -0.441 e. The fraction of sp³-hybridized carbons (Fsp3) is 0.600. The zero-order chi connectivity index (χ0) is 19.6. The number of likely N-dealkylation sites (tertiary alicyclic amines) is 1. The van der Waals surface area contributed by atoms with Gasteiger partial charge >= 0.3 is 0 Å². The summed E-state index contributed by atoms with van der Waals surface area (Å²) in [4.78, 5) is 23.5. The molecule has 1 aliphatic heterocycles. The number of rotatable bonds is 7. The summed E-state index contributed by atoms with van der Waals surface area (Å²) in [6.45, 7) is 6.01. The number of benzene rings is 1. The molecule has 0 spiro atoms. The number of aryl methyl sites for hydroxylation is 1. The van der Waals surface area contributed by atoms with E-state index in [9.17, 15) is 9.90 Å². The summed E-state index contributed by atoms with van der Waals surface area (Å²) in [7, 11) is 6.23. The molecule has 1 aromatic heterocycles. The molecule has 0 bridgehead atoms. The van der Waals surface area contributed by atoms with Crippen LogP contribution in [0.1, 0.15) is 16.2 Å². The Morgan fingerprint density at radius 1 is 1.26 bits per heavy atom. The molecular formula is C20H30N4O3. The maximum absolute atomic E-state index is 13.0. The van der Waals surface area contributed by atoms with E-state index in [-0.39, 0.29) is 24.3 Å². The molecule has 1 aromatic carbocycles. The molecule has 7 heteroatoms. The van der Waals surface area contributed by atoms with Gasteiger partial charge in [0.25, 0.3) is 5.91 Å². The van der Waals surface area contributed by atoms with E-state index in [0.717, 1.165) is 25.2 Å². The van der Waals surface area contributed by atoms with Crippen LogP contribution in [0, 0.1) is 18.8 Å². The highest BCUT2D eigenvalue weighted by molar-refractivity contribution is 5.97. The molecule has 1 fully saturated rings. The summed E-state index contributed by atoms with van der Waals surface area (Å²) < 4.78 is 5.55. The third kappa shape index (κ3) is 4.66. The minimum absolute atomic E-state index is 0.0113. The van der Waals surface area contributed by atoms with E-state index in [1.54, 1.807) is 19.1 Å². The number of oxazole rings is 1. The molecule has 1 saturated heterocycles. The van der Waals surface area contributed by atoms with E-state index in [2.05, 4.69) is 35.9 Å². The number of aliphatic hydroxyl groups is 1. The molecule has 2 atom stereocenters. The van der Waals surface area contributed by atoms with Gasteiger partial charge in [0, 0.05) is 57.7 Å². The molecule has 148 valence electrons. The Bertz CT molecular complexity index is 789. The van der Waals surface area contributed by atoms with Gasteiger partial charge in [-0.15, -0.1) is 0 Å². The number of amides is 1. The van der Waals surface area contributed by atoms with Crippen LogP contribution in [0.5, 0.6) is 0 Å². The first-order valence-corrected chi connectivity index (χ1v) is 9.48. The Labute approximate surface area is 160 Å². The van der Waals surface area contributed by atoms with Crippen molar-refractivity contribution in [2.75, 3.05) is 60.5 Å². The van der Waals surface area contributed by atoms with Gasteiger partial charge in [0.1, 0.15) is 5.52 Å². The van der Waals surface area contributed by atoms with Gasteiger partial charge in [-0.2, -0.15) is 0 Å². The first-order chi connectivity index (χ1) is 12.9. The summed E-state index contributed by atoms with van der Waals surface area (Å²) in [5.41, 5.74) is 2.01. The molecule has 1 aliphatic rings. The Kier molecular flexibility index (Phi) is 6.14. The summed E-state index contributed by atoms with van der Waals surface area (Å²) >= 11 is 0. The van der Waals surface area contributed by atoms with Gasteiger partial charge < -0.3 is 24.2 Å².